The molecule has 0 aliphatic carbocycles. The standard InChI is InChI=1S/C15H21N3/c1-18(11-12-8-16-9-12)7-6-13-10-17-15-5-3-2-4-14(13)15/h2-5,10,12,16-17H,6-9,11H2,1H3. The number of rotatable bonds is 5. The molecule has 1 aliphatic rings. The highest BCUT2D eigenvalue weighted by molar-refractivity contribution is 5.83. The van der Waals surface area contributed by atoms with Crippen molar-refractivity contribution in [1.29, 1.82) is 0 Å². The van der Waals surface area contributed by atoms with Crippen LogP contribution in [0.25, 0.3) is 10.9 Å². The molecular weight excluding hydrogens is 222 g/mol. The number of H-pyrrole nitrogens is 1. The first-order valence-electron chi connectivity index (χ1n) is 6.77. The van der Waals surface area contributed by atoms with Crippen LogP contribution in [0.2, 0.25) is 0 Å². The third kappa shape index (κ3) is 2.42. The van der Waals surface area contributed by atoms with Gasteiger partial charge in [0, 0.05) is 43.3 Å². The zero-order valence-electron chi connectivity index (χ0n) is 10.9. The Bertz CT molecular complexity index is 513. The lowest BCUT2D eigenvalue weighted by atomic mass is 10.0. The summed E-state index contributed by atoms with van der Waals surface area (Å²) in [5.74, 6) is 0.859. The van der Waals surface area contributed by atoms with E-state index in [2.05, 4.69) is 52.7 Å². The maximum atomic E-state index is 3.35. The molecule has 18 heavy (non-hydrogen) atoms. The molecule has 3 nitrogen and oxygen atoms in total. The van der Waals surface area contributed by atoms with Crippen molar-refractivity contribution in [2.75, 3.05) is 33.2 Å². The molecule has 2 N–H and O–H groups in total. The summed E-state index contributed by atoms with van der Waals surface area (Å²) in [6.07, 6.45) is 3.28. The van der Waals surface area contributed by atoms with Crippen LogP contribution in [0.1, 0.15) is 5.56 Å². The minimum atomic E-state index is 0.859. The molecule has 0 spiro atoms. The molecule has 0 atom stereocenters. The van der Waals surface area contributed by atoms with Crippen molar-refractivity contribution >= 4 is 10.9 Å². The summed E-state index contributed by atoms with van der Waals surface area (Å²) in [7, 11) is 2.23. The lowest BCUT2D eigenvalue weighted by Gasteiger charge is -2.31. The summed E-state index contributed by atoms with van der Waals surface area (Å²) in [4.78, 5) is 5.80. The van der Waals surface area contributed by atoms with Crippen molar-refractivity contribution in [2.24, 2.45) is 5.92 Å². The van der Waals surface area contributed by atoms with E-state index in [9.17, 15) is 0 Å². The lowest BCUT2D eigenvalue weighted by Crippen LogP contribution is -2.47. The molecule has 0 unspecified atom stereocenters. The Morgan fingerprint density at radius 2 is 2.11 bits per heavy atom. The Labute approximate surface area is 108 Å². The van der Waals surface area contributed by atoms with Crippen molar-refractivity contribution < 1.29 is 0 Å². The number of aromatic nitrogens is 1. The quantitative estimate of drug-likeness (QED) is 0.840. The largest absolute Gasteiger partial charge is 0.361 e. The van der Waals surface area contributed by atoms with Crippen molar-refractivity contribution in [1.82, 2.24) is 15.2 Å². The predicted octanol–water partition coefficient (Wildman–Crippen LogP) is 1.86. The maximum Gasteiger partial charge on any atom is 0.0456 e. The first-order chi connectivity index (χ1) is 8.83. The maximum absolute atomic E-state index is 3.35. The molecule has 1 aromatic carbocycles. The Hall–Kier alpha value is -1.32. The van der Waals surface area contributed by atoms with Gasteiger partial charge >= 0.3 is 0 Å². The minimum Gasteiger partial charge on any atom is -0.361 e. The van der Waals surface area contributed by atoms with Crippen LogP contribution in [0.15, 0.2) is 30.5 Å². The van der Waals surface area contributed by atoms with E-state index in [1.54, 1.807) is 0 Å². The molecule has 0 bridgehead atoms. The van der Waals surface area contributed by atoms with Gasteiger partial charge in [-0.1, -0.05) is 18.2 Å². The smallest absolute Gasteiger partial charge is 0.0456 e. The van der Waals surface area contributed by atoms with Crippen molar-refractivity contribution in [2.45, 2.75) is 6.42 Å². The van der Waals surface area contributed by atoms with Gasteiger partial charge in [-0.05, 0) is 31.0 Å². The molecule has 96 valence electrons. The first kappa shape index (κ1) is 11.8. The SMILES string of the molecule is CN(CCc1c[nH]c2ccccc12)CC1CNC1. The van der Waals surface area contributed by atoms with E-state index in [0.717, 1.165) is 18.9 Å². The monoisotopic (exact) mass is 243 g/mol. The van der Waals surface area contributed by atoms with E-state index >= 15 is 0 Å². The summed E-state index contributed by atoms with van der Waals surface area (Å²) >= 11 is 0. The molecule has 1 saturated heterocycles. The second kappa shape index (κ2) is 5.12. The highest BCUT2D eigenvalue weighted by atomic mass is 15.1. The van der Waals surface area contributed by atoms with Gasteiger partial charge in [-0.25, -0.2) is 0 Å². The van der Waals surface area contributed by atoms with Crippen molar-refractivity contribution in [3.05, 3.63) is 36.0 Å². The number of aromatic amines is 1. The second-order valence-electron chi connectivity index (χ2n) is 5.40. The molecular formula is C15H21N3. The molecule has 0 radical (unpaired) electrons. The van der Waals surface area contributed by atoms with Crippen LogP contribution in [0, 0.1) is 5.92 Å². The molecule has 1 aromatic heterocycles. The normalized spacial score (nSPS) is 16.3. The molecule has 0 amide bonds. The van der Waals surface area contributed by atoms with Crippen LogP contribution in [0.5, 0.6) is 0 Å². The zero-order chi connectivity index (χ0) is 12.4. The number of likely N-dealkylation sites (N-methyl/N-ethyl adjacent to an activating group) is 1. The van der Waals surface area contributed by atoms with Crippen LogP contribution < -0.4 is 5.32 Å². The Morgan fingerprint density at radius 3 is 2.89 bits per heavy atom. The number of nitrogens with one attached hydrogen (secondary N) is 2. The van der Waals surface area contributed by atoms with Gasteiger partial charge in [0.05, 0.1) is 0 Å². The molecule has 1 aliphatic heterocycles. The first-order valence-corrected chi connectivity index (χ1v) is 6.77. The van der Waals surface area contributed by atoms with Gasteiger partial charge in [0.15, 0.2) is 0 Å². The predicted molar refractivity (Wildman–Crippen MR) is 75.9 cm³/mol. The van der Waals surface area contributed by atoms with E-state index in [0.29, 0.717) is 0 Å². The highest BCUT2D eigenvalue weighted by Crippen LogP contribution is 2.18. The fourth-order valence-electron chi connectivity index (χ4n) is 2.66. The van der Waals surface area contributed by atoms with Gasteiger partial charge in [-0.2, -0.15) is 0 Å². The summed E-state index contributed by atoms with van der Waals surface area (Å²) < 4.78 is 0. The molecule has 3 rings (SSSR count). The van der Waals surface area contributed by atoms with Crippen LogP contribution in [-0.4, -0.2) is 43.1 Å². The van der Waals surface area contributed by atoms with E-state index in [1.807, 2.05) is 0 Å². The topological polar surface area (TPSA) is 31.1 Å². The highest BCUT2D eigenvalue weighted by Gasteiger charge is 2.18. The lowest BCUT2D eigenvalue weighted by molar-refractivity contribution is 0.226. The van der Waals surface area contributed by atoms with E-state index in [1.165, 1.54) is 36.1 Å². The summed E-state index contributed by atoms with van der Waals surface area (Å²) in [5, 5.41) is 4.70. The molecule has 0 saturated carbocycles. The van der Waals surface area contributed by atoms with Crippen LogP contribution >= 0.6 is 0 Å². The number of para-hydroxylation sites is 1. The van der Waals surface area contributed by atoms with Crippen molar-refractivity contribution in [3.8, 4) is 0 Å². The number of fused-ring (bicyclic) bond motifs is 1. The Kier molecular flexibility index (Phi) is 3.35. The Balaban J connectivity index is 1.58. The van der Waals surface area contributed by atoms with Crippen LogP contribution in [0.4, 0.5) is 0 Å². The average molecular weight is 243 g/mol. The summed E-state index contributed by atoms with van der Waals surface area (Å²) in [5.41, 5.74) is 2.68. The van der Waals surface area contributed by atoms with Gasteiger partial charge < -0.3 is 15.2 Å². The second-order valence-corrected chi connectivity index (χ2v) is 5.40. The minimum absolute atomic E-state index is 0.859. The zero-order valence-corrected chi connectivity index (χ0v) is 10.9. The third-order valence-corrected chi connectivity index (χ3v) is 3.87. The number of hydrogen-bond acceptors (Lipinski definition) is 2. The van der Waals surface area contributed by atoms with E-state index in [4.69, 9.17) is 0 Å². The number of hydrogen-bond donors (Lipinski definition) is 2. The van der Waals surface area contributed by atoms with E-state index in [-0.39, 0.29) is 0 Å². The van der Waals surface area contributed by atoms with Gasteiger partial charge in [-0.15, -0.1) is 0 Å². The van der Waals surface area contributed by atoms with Gasteiger partial charge in [0.2, 0.25) is 0 Å². The van der Waals surface area contributed by atoms with E-state index < -0.39 is 0 Å². The third-order valence-electron chi connectivity index (χ3n) is 3.87. The fraction of sp³-hybridized carbons (Fsp3) is 0.467. The Morgan fingerprint density at radius 1 is 1.28 bits per heavy atom. The number of nitrogens with zero attached hydrogens (tertiary/aromatic N) is 1. The molecule has 2 aromatic rings. The number of benzene rings is 1. The van der Waals surface area contributed by atoms with Gasteiger partial charge in [0.1, 0.15) is 0 Å². The molecule has 1 fully saturated rings. The van der Waals surface area contributed by atoms with Gasteiger partial charge in [0.25, 0.3) is 0 Å². The fourth-order valence-corrected chi connectivity index (χ4v) is 2.66. The summed E-state index contributed by atoms with van der Waals surface area (Å²) in [6.45, 7) is 4.74. The molecule has 3 heteroatoms. The van der Waals surface area contributed by atoms with Crippen molar-refractivity contribution in [3.63, 3.8) is 0 Å². The van der Waals surface area contributed by atoms with Gasteiger partial charge in [-0.3, -0.25) is 0 Å². The average Bonchev–Trinajstić information content (AvgIpc) is 2.75. The molecule has 2 heterocycles. The van der Waals surface area contributed by atoms with Crippen LogP contribution in [-0.2, 0) is 6.42 Å². The van der Waals surface area contributed by atoms with Crippen LogP contribution in [0.3, 0.4) is 0 Å². The summed E-state index contributed by atoms with van der Waals surface area (Å²) in [6, 6.07) is 8.54.